The molecule has 106 valence electrons. The van der Waals surface area contributed by atoms with Crippen molar-refractivity contribution in [2.45, 2.75) is 13.0 Å². The lowest BCUT2D eigenvalue weighted by atomic mass is 9.95. The summed E-state index contributed by atoms with van der Waals surface area (Å²) in [5, 5.41) is 12.8. The molecule has 1 atom stereocenters. The summed E-state index contributed by atoms with van der Waals surface area (Å²) in [6.07, 6.45) is -0.638. The lowest BCUT2D eigenvalue weighted by Crippen LogP contribution is -2.01. The highest BCUT2D eigenvalue weighted by atomic mass is 16.5. The maximum Gasteiger partial charge on any atom is 0.126 e. The quantitative estimate of drug-likeness (QED) is 0.776. The third kappa shape index (κ3) is 2.50. The predicted octanol–water partition coefficient (Wildman–Crippen LogP) is 4.24. The summed E-state index contributed by atoms with van der Waals surface area (Å²) in [4.78, 5) is 0. The van der Waals surface area contributed by atoms with Crippen LogP contribution in [-0.4, -0.2) is 12.2 Å². The van der Waals surface area contributed by atoms with Crippen LogP contribution < -0.4 is 4.74 Å². The van der Waals surface area contributed by atoms with Gasteiger partial charge < -0.3 is 9.84 Å². The molecule has 0 radical (unpaired) electrons. The van der Waals surface area contributed by atoms with Crippen molar-refractivity contribution < 1.29 is 9.84 Å². The highest BCUT2D eigenvalue weighted by Gasteiger charge is 2.15. The fourth-order valence-electron chi connectivity index (χ4n) is 2.73. The molecule has 0 aliphatic carbocycles. The van der Waals surface area contributed by atoms with Crippen LogP contribution in [0.2, 0.25) is 0 Å². The molecular weight excluding hydrogens is 260 g/mol. The molecule has 0 heterocycles. The van der Waals surface area contributed by atoms with Crippen LogP contribution in [0.3, 0.4) is 0 Å². The molecule has 0 aliphatic heterocycles. The summed E-state index contributed by atoms with van der Waals surface area (Å²) in [6, 6.07) is 19.8. The molecule has 2 heteroatoms. The van der Waals surface area contributed by atoms with Gasteiger partial charge in [-0.1, -0.05) is 60.2 Å². The molecule has 3 aromatic rings. The van der Waals surface area contributed by atoms with Crippen LogP contribution in [0, 0.1) is 6.92 Å². The van der Waals surface area contributed by atoms with Gasteiger partial charge >= 0.3 is 0 Å². The van der Waals surface area contributed by atoms with Crippen molar-refractivity contribution in [3.8, 4) is 5.75 Å². The SMILES string of the molecule is COc1ccc(C(O)c2cccc(C)c2)c2ccccc12. The normalized spacial score (nSPS) is 12.3. The number of aliphatic hydroxyl groups excluding tert-OH is 1. The van der Waals surface area contributed by atoms with Crippen LogP contribution in [0.25, 0.3) is 10.8 Å². The maximum absolute atomic E-state index is 10.7. The number of ether oxygens (including phenoxy) is 1. The van der Waals surface area contributed by atoms with Crippen molar-refractivity contribution in [2.75, 3.05) is 7.11 Å². The average molecular weight is 278 g/mol. The van der Waals surface area contributed by atoms with Crippen LogP contribution in [0.1, 0.15) is 22.8 Å². The molecule has 0 fully saturated rings. The highest BCUT2D eigenvalue weighted by molar-refractivity contribution is 5.91. The second-order valence-electron chi connectivity index (χ2n) is 5.22. The van der Waals surface area contributed by atoms with Gasteiger partial charge in [0.2, 0.25) is 0 Å². The number of aryl methyl sites for hydroxylation is 1. The second kappa shape index (κ2) is 5.58. The highest BCUT2D eigenvalue weighted by Crippen LogP contribution is 2.34. The van der Waals surface area contributed by atoms with Gasteiger partial charge in [-0.05, 0) is 29.5 Å². The lowest BCUT2D eigenvalue weighted by Gasteiger charge is -2.16. The number of hydrogen-bond donors (Lipinski definition) is 1. The minimum atomic E-state index is -0.638. The van der Waals surface area contributed by atoms with Gasteiger partial charge in [-0.2, -0.15) is 0 Å². The van der Waals surface area contributed by atoms with Gasteiger partial charge in [-0.3, -0.25) is 0 Å². The Morgan fingerprint density at radius 1 is 0.905 bits per heavy atom. The Morgan fingerprint density at radius 2 is 1.67 bits per heavy atom. The first-order valence-corrected chi connectivity index (χ1v) is 7.01. The summed E-state index contributed by atoms with van der Waals surface area (Å²) in [5.41, 5.74) is 2.95. The van der Waals surface area contributed by atoms with Crippen LogP contribution in [0.15, 0.2) is 60.7 Å². The van der Waals surface area contributed by atoms with E-state index in [1.165, 1.54) is 0 Å². The van der Waals surface area contributed by atoms with Gasteiger partial charge in [0.15, 0.2) is 0 Å². The third-order valence-corrected chi connectivity index (χ3v) is 3.79. The van der Waals surface area contributed by atoms with Gasteiger partial charge in [-0.15, -0.1) is 0 Å². The largest absolute Gasteiger partial charge is 0.496 e. The zero-order valence-electron chi connectivity index (χ0n) is 12.2. The summed E-state index contributed by atoms with van der Waals surface area (Å²) in [5.74, 6) is 0.825. The first-order valence-electron chi connectivity index (χ1n) is 7.01. The molecule has 0 saturated carbocycles. The smallest absolute Gasteiger partial charge is 0.126 e. The van der Waals surface area contributed by atoms with Crippen molar-refractivity contribution >= 4 is 10.8 Å². The minimum Gasteiger partial charge on any atom is -0.496 e. The number of hydrogen-bond acceptors (Lipinski definition) is 2. The average Bonchev–Trinajstić information content (AvgIpc) is 2.53. The standard InChI is InChI=1S/C19H18O2/c1-13-6-5-7-14(12-13)19(20)17-10-11-18(21-2)16-9-4-3-8-15(16)17/h3-12,19-20H,1-2H3. The topological polar surface area (TPSA) is 29.5 Å². The summed E-state index contributed by atoms with van der Waals surface area (Å²) < 4.78 is 5.41. The predicted molar refractivity (Wildman–Crippen MR) is 85.7 cm³/mol. The molecule has 1 N–H and O–H groups in total. The third-order valence-electron chi connectivity index (χ3n) is 3.79. The van der Waals surface area contributed by atoms with Gasteiger partial charge in [0, 0.05) is 5.39 Å². The number of methoxy groups -OCH3 is 1. The Bertz CT molecular complexity index is 777. The Kier molecular flexibility index (Phi) is 3.63. The van der Waals surface area contributed by atoms with E-state index in [4.69, 9.17) is 4.74 Å². The molecule has 0 amide bonds. The van der Waals surface area contributed by atoms with Crippen molar-refractivity contribution in [3.63, 3.8) is 0 Å². The zero-order chi connectivity index (χ0) is 14.8. The van der Waals surface area contributed by atoms with E-state index in [0.29, 0.717) is 0 Å². The molecule has 3 aromatic carbocycles. The summed E-state index contributed by atoms with van der Waals surface area (Å²) in [7, 11) is 1.67. The van der Waals surface area contributed by atoms with Gasteiger partial charge in [0.05, 0.1) is 7.11 Å². The number of fused-ring (bicyclic) bond motifs is 1. The summed E-state index contributed by atoms with van der Waals surface area (Å²) >= 11 is 0. The van der Waals surface area contributed by atoms with E-state index in [1.54, 1.807) is 7.11 Å². The van der Waals surface area contributed by atoms with Gasteiger partial charge in [-0.25, -0.2) is 0 Å². The van der Waals surface area contributed by atoms with E-state index in [1.807, 2.05) is 67.6 Å². The van der Waals surface area contributed by atoms with Crippen LogP contribution in [0.5, 0.6) is 5.75 Å². The maximum atomic E-state index is 10.7. The zero-order valence-corrected chi connectivity index (χ0v) is 12.2. The first-order chi connectivity index (χ1) is 10.2. The van der Waals surface area contributed by atoms with Crippen LogP contribution >= 0.6 is 0 Å². The molecule has 0 spiro atoms. The molecule has 0 saturated heterocycles. The molecular formula is C19H18O2. The lowest BCUT2D eigenvalue weighted by molar-refractivity contribution is 0.221. The molecule has 0 aromatic heterocycles. The van der Waals surface area contributed by atoms with Crippen molar-refractivity contribution in [3.05, 3.63) is 77.4 Å². The minimum absolute atomic E-state index is 0.638. The molecule has 3 rings (SSSR count). The molecule has 0 aliphatic rings. The van der Waals surface area contributed by atoms with Crippen LogP contribution in [-0.2, 0) is 0 Å². The molecule has 1 unspecified atom stereocenters. The van der Waals surface area contributed by atoms with E-state index in [-0.39, 0.29) is 0 Å². The van der Waals surface area contributed by atoms with Crippen molar-refractivity contribution in [2.24, 2.45) is 0 Å². The second-order valence-corrected chi connectivity index (χ2v) is 5.22. The molecule has 2 nitrogen and oxygen atoms in total. The van der Waals surface area contributed by atoms with Crippen LogP contribution in [0.4, 0.5) is 0 Å². The number of aliphatic hydroxyl groups is 1. The van der Waals surface area contributed by atoms with Crippen molar-refractivity contribution in [1.82, 2.24) is 0 Å². The van der Waals surface area contributed by atoms with E-state index < -0.39 is 6.10 Å². The molecule has 21 heavy (non-hydrogen) atoms. The Hall–Kier alpha value is -2.32. The first kappa shape index (κ1) is 13.7. The van der Waals surface area contributed by atoms with Gasteiger partial charge in [0.1, 0.15) is 11.9 Å². The Labute approximate surface area is 124 Å². The summed E-state index contributed by atoms with van der Waals surface area (Å²) in [6.45, 7) is 2.03. The van der Waals surface area contributed by atoms with E-state index in [9.17, 15) is 5.11 Å². The Morgan fingerprint density at radius 3 is 2.38 bits per heavy atom. The fraction of sp³-hybridized carbons (Fsp3) is 0.158. The monoisotopic (exact) mass is 278 g/mol. The number of benzene rings is 3. The van der Waals surface area contributed by atoms with E-state index >= 15 is 0 Å². The Balaban J connectivity index is 2.17. The number of rotatable bonds is 3. The fourth-order valence-corrected chi connectivity index (χ4v) is 2.73. The van der Waals surface area contributed by atoms with Crippen molar-refractivity contribution in [1.29, 1.82) is 0 Å². The van der Waals surface area contributed by atoms with E-state index in [0.717, 1.165) is 33.2 Å². The van der Waals surface area contributed by atoms with Gasteiger partial charge in [0.25, 0.3) is 0 Å². The van der Waals surface area contributed by atoms with E-state index in [2.05, 4.69) is 0 Å². The molecule has 0 bridgehead atoms.